The molecule has 1 fully saturated rings. The fraction of sp³-hybridized carbons (Fsp3) is 0.320. The van der Waals surface area contributed by atoms with E-state index in [2.05, 4.69) is 46.0 Å². The quantitative estimate of drug-likeness (QED) is 0.413. The third-order valence-electron chi connectivity index (χ3n) is 6.58. The molecule has 2 aromatic heterocycles. The Hall–Kier alpha value is -3.10. The number of benzene rings is 2. The number of ether oxygens (including phenoxy) is 1. The molecule has 3 heterocycles. The number of aryl methyl sites for hydroxylation is 1. The van der Waals surface area contributed by atoms with E-state index in [1.807, 2.05) is 35.3 Å². The van der Waals surface area contributed by atoms with Crippen LogP contribution in [0, 0.1) is 5.92 Å². The van der Waals surface area contributed by atoms with Gasteiger partial charge in [-0.1, -0.05) is 25.1 Å². The lowest BCUT2D eigenvalue weighted by Gasteiger charge is -2.19. The van der Waals surface area contributed by atoms with E-state index in [0.29, 0.717) is 18.9 Å². The lowest BCUT2D eigenvalue weighted by Crippen LogP contribution is -2.32. The smallest absolute Gasteiger partial charge is 0.235 e. The molecule has 0 radical (unpaired) electrons. The Balaban J connectivity index is 1.42. The van der Waals surface area contributed by atoms with Crippen molar-refractivity contribution >= 4 is 26.6 Å². The van der Waals surface area contributed by atoms with Gasteiger partial charge in [0.05, 0.1) is 29.4 Å². The Kier molecular flexibility index (Phi) is 5.72. The Morgan fingerprint density at radius 1 is 1.21 bits per heavy atom. The monoisotopic (exact) mass is 464 g/mol. The average Bonchev–Trinajstić information content (AvgIpc) is 3.60. The highest BCUT2D eigenvalue weighted by Gasteiger charge is 2.32. The molecular formula is C25H28N4O3S. The summed E-state index contributed by atoms with van der Waals surface area (Å²) in [5, 5.41) is 4.82. The predicted octanol–water partition coefficient (Wildman–Crippen LogP) is 4.75. The van der Waals surface area contributed by atoms with E-state index in [9.17, 15) is 8.42 Å². The molecule has 7 nitrogen and oxygen atoms in total. The molecule has 4 aromatic rings. The first kappa shape index (κ1) is 21.7. The number of anilines is 1. The zero-order chi connectivity index (χ0) is 23.0. The fourth-order valence-electron chi connectivity index (χ4n) is 4.30. The summed E-state index contributed by atoms with van der Waals surface area (Å²) in [6.45, 7) is 5.00. The lowest BCUT2D eigenvalue weighted by molar-refractivity contribution is 0.185. The van der Waals surface area contributed by atoms with Gasteiger partial charge in [-0.15, -0.1) is 0 Å². The van der Waals surface area contributed by atoms with Crippen LogP contribution in [0.15, 0.2) is 61.1 Å². The molecule has 2 unspecified atom stereocenters. The van der Waals surface area contributed by atoms with Gasteiger partial charge in [-0.3, -0.25) is 4.72 Å². The van der Waals surface area contributed by atoms with Crippen LogP contribution >= 0.6 is 0 Å². The molecular weight excluding hydrogens is 436 g/mol. The largest absolute Gasteiger partial charge is 0.381 e. The second kappa shape index (κ2) is 8.68. The number of aromatic nitrogens is 3. The van der Waals surface area contributed by atoms with Gasteiger partial charge in [-0.05, 0) is 55.2 Å². The summed E-state index contributed by atoms with van der Waals surface area (Å²) in [4.78, 5) is 3.17. The zero-order valence-electron chi connectivity index (χ0n) is 18.8. The summed E-state index contributed by atoms with van der Waals surface area (Å²) in [5.41, 5.74) is 5.64. The van der Waals surface area contributed by atoms with Crippen molar-refractivity contribution < 1.29 is 13.2 Å². The molecule has 5 rings (SSSR count). The molecule has 0 saturated carbocycles. The summed E-state index contributed by atoms with van der Waals surface area (Å²) >= 11 is 0. The molecule has 33 heavy (non-hydrogen) atoms. The Morgan fingerprint density at radius 2 is 2.03 bits per heavy atom. The average molecular weight is 465 g/mol. The van der Waals surface area contributed by atoms with E-state index in [1.54, 1.807) is 13.1 Å². The highest BCUT2D eigenvalue weighted by atomic mass is 32.2. The van der Waals surface area contributed by atoms with Crippen LogP contribution in [0.1, 0.15) is 25.8 Å². The van der Waals surface area contributed by atoms with Crippen molar-refractivity contribution in [2.75, 3.05) is 17.9 Å². The molecule has 8 heteroatoms. The number of hydrogen-bond donors (Lipinski definition) is 2. The van der Waals surface area contributed by atoms with Gasteiger partial charge in [0.25, 0.3) is 0 Å². The molecule has 172 valence electrons. The maximum atomic E-state index is 13.0. The number of nitrogens with zero attached hydrogens (tertiary/aromatic N) is 2. The first-order valence-electron chi connectivity index (χ1n) is 11.3. The first-order chi connectivity index (χ1) is 15.9. The molecule has 1 saturated heterocycles. The van der Waals surface area contributed by atoms with Crippen molar-refractivity contribution in [1.29, 1.82) is 0 Å². The molecule has 0 bridgehead atoms. The summed E-state index contributed by atoms with van der Waals surface area (Å²) in [5.74, 6) is 0.0143. The van der Waals surface area contributed by atoms with Gasteiger partial charge in [0.2, 0.25) is 10.0 Å². The third kappa shape index (κ3) is 4.28. The van der Waals surface area contributed by atoms with Gasteiger partial charge in [0.1, 0.15) is 0 Å². The minimum atomic E-state index is -3.54. The minimum Gasteiger partial charge on any atom is -0.381 e. The maximum absolute atomic E-state index is 13.0. The molecule has 0 aliphatic carbocycles. The van der Waals surface area contributed by atoms with Gasteiger partial charge >= 0.3 is 0 Å². The summed E-state index contributed by atoms with van der Waals surface area (Å²) < 4.78 is 36.0. The van der Waals surface area contributed by atoms with Crippen LogP contribution in [0.4, 0.5) is 5.69 Å². The Morgan fingerprint density at radius 3 is 2.76 bits per heavy atom. The second-order valence-electron chi connectivity index (χ2n) is 8.63. The van der Waals surface area contributed by atoms with E-state index in [1.165, 1.54) is 5.56 Å². The van der Waals surface area contributed by atoms with Crippen molar-refractivity contribution in [3.8, 4) is 16.8 Å². The minimum absolute atomic E-state index is 0.0143. The van der Waals surface area contributed by atoms with Crippen LogP contribution in [-0.4, -0.2) is 41.6 Å². The number of fused-ring (bicyclic) bond motifs is 1. The van der Waals surface area contributed by atoms with E-state index >= 15 is 0 Å². The van der Waals surface area contributed by atoms with Gasteiger partial charge < -0.3 is 9.72 Å². The molecule has 2 aromatic carbocycles. The van der Waals surface area contributed by atoms with E-state index in [-0.39, 0.29) is 5.92 Å². The van der Waals surface area contributed by atoms with Crippen molar-refractivity contribution in [3.05, 3.63) is 66.6 Å². The van der Waals surface area contributed by atoms with Crippen molar-refractivity contribution in [3.63, 3.8) is 0 Å². The maximum Gasteiger partial charge on any atom is 0.235 e. The summed E-state index contributed by atoms with van der Waals surface area (Å²) in [7, 11) is -3.54. The lowest BCUT2D eigenvalue weighted by atomic mass is 10.1. The zero-order valence-corrected chi connectivity index (χ0v) is 19.6. The van der Waals surface area contributed by atoms with Crippen LogP contribution in [0.5, 0.6) is 0 Å². The first-order valence-corrected chi connectivity index (χ1v) is 12.8. The van der Waals surface area contributed by atoms with Crippen molar-refractivity contribution in [1.82, 2.24) is 14.8 Å². The number of rotatable bonds is 7. The van der Waals surface area contributed by atoms with Gasteiger partial charge in [0, 0.05) is 41.4 Å². The van der Waals surface area contributed by atoms with Crippen LogP contribution < -0.4 is 4.72 Å². The van der Waals surface area contributed by atoms with E-state index in [4.69, 9.17) is 4.74 Å². The van der Waals surface area contributed by atoms with Crippen LogP contribution in [0.2, 0.25) is 0 Å². The van der Waals surface area contributed by atoms with E-state index < -0.39 is 15.3 Å². The number of aromatic amines is 1. The third-order valence-corrected chi connectivity index (χ3v) is 8.45. The summed E-state index contributed by atoms with van der Waals surface area (Å²) in [6.07, 6.45) is 7.29. The van der Waals surface area contributed by atoms with Crippen LogP contribution in [-0.2, 0) is 21.2 Å². The molecule has 0 amide bonds. The van der Waals surface area contributed by atoms with E-state index in [0.717, 1.165) is 40.6 Å². The topological polar surface area (TPSA) is 89.0 Å². The normalized spacial score (nSPS) is 17.5. The molecule has 1 aliphatic heterocycles. The number of H-pyrrole nitrogens is 1. The predicted molar refractivity (Wildman–Crippen MR) is 131 cm³/mol. The molecule has 1 aliphatic rings. The van der Waals surface area contributed by atoms with Gasteiger partial charge in [-0.2, -0.15) is 5.10 Å². The Bertz CT molecular complexity index is 1370. The van der Waals surface area contributed by atoms with Crippen LogP contribution in [0.25, 0.3) is 27.7 Å². The standard InChI is InChI=1S/C25H28N4O3S/c1-3-18-4-7-22(8-5-18)29-15-21(13-27-29)19-6-9-24-23(12-19)25(14-26-24)28-33(30,31)17(2)20-10-11-32-16-20/h4-9,12-15,17,20,26,28H,3,10-11,16H2,1-2H3. The van der Waals surface area contributed by atoms with Crippen LogP contribution in [0.3, 0.4) is 0 Å². The summed E-state index contributed by atoms with van der Waals surface area (Å²) in [6, 6.07) is 14.3. The number of hydrogen-bond acceptors (Lipinski definition) is 4. The Labute approximate surface area is 193 Å². The molecule has 0 spiro atoms. The van der Waals surface area contributed by atoms with Gasteiger partial charge in [-0.25, -0.2) is 13.1 Å². The second-order valence-corrected chi connectivity index (χ2v) is 10.7. The number of sulfonamides is 1. The SMILES string of the molecule is CCc1ccc(-n2cc(-c3ccc4[nH]cc(NS(=O)(=O)C(C)C5CCOC5)c4c3)cn2)cc1. The highest BCUT2D eigenvalue weighted by Crippen LogP contribution is 2.31. The molecule has 2 atom stereocenters. The molecule has 2 N–H and O–H groups in total. The van der Waals surface area contributed by atoms with Crippen molar-refractivity contribution in [2.24, 2.45) is 5.92 Å². The van der Waals surface area contributed by atoms with Crippen molar-refractivity contribution in [2.45, 2.75) is 31.9 Å². The van der Waals surface area contributed by atoms with Gasteiger partial charge in [0.15, 0.2) is 0 Å². The number of nitrogens with one attached hydrogen (secondary N) is 2. The fourth-order valence-corrected chi connectivity index (χ4v) is 5.69. The highest BCUT2D eigenvalue weighted by molar-refractivity contribution is 7.93.